The molecule has 2 aromatic heterocycles. The Morgan fingerprint density at radius 1 is 1.32 bits per heavy atom. The van der Waals surface area contributed by atoms with E-state index in [1.54, 1.807) is 6.07 Å². The third-order valence-electron chi connectivity index (χ3n) is 3.02. The minimum absolute atomic E-state index is 0.264. The summed E-state index contributed by atoms with van der Waals surface area (Å²) in [7, 11) is 1.44. The summed E-state index contributed by atoms with van der Waals surface area (Å²) in [6, 6.07) is 4.75. The molecule has 0 radical (unpaired) electrons. The highest BCUT2D eigenvalue weighted by Crippen LogP contribution is 2.24. The molecule has 6 nitrogen and oxygen atoms in total. The van der Waals surface area contributed by atoms with E-state index in [1.807, 2.05) is 0 Å². The first kappa shape index (κ1) is 13.9. The Morgan fingerprint density at radius 2 is 2.05 bits per heavy atom. The zero-order valence-corrected chi connectivity index (χ0v) is 11.4. The van der Waals surface area contributed by atoms with Gasteiger partial charge in [-0.3, -0.25) is 9.89 Å². The molecule has 0 aliphatic rings. The van der Waals surface area contributed by atoms with Gasteiger partial charge in [0.15, 0.2) is 5.65 Å². The summed E-state index contributed by atoms with van der Waals surface area (Å²) in [4.78, 5) is 16.1. The zero-order chi connectivity index (χ0) is 15.7. The molecule has 0 unspecified atom stereocenters. The average molecular weight is 304 g/mol. The lowest BCUT2D eigenvalue weighted by atomic mass is 10.2. The third-order valence-corrected chi connectivity index (χ3v) is 3.02. The number of rotatable bonds is 3. The second kappa shape index (κ2) is 5.40. The fraction of sp³-hybridized carbons (Fsp3) is 0.0714. The number of nitrogens with one attached hydrogen (secondary N) is 2. The number of hydrogen-bond donors (Lipinski definition) is 2. The molecular formula is C14H10F2N4O2. The van der Waals surface area contributed by atoms with Gasteiger partial charge in [-0.2, -0.15) is 0 Å². The van der Waals surface area contributed by atoms with Gasteiger partial charge in [0.25, 0.3) is 5.91 Å². The standard InChI is InChI=1S/C14H10F2N4O2/c1-22-14-8-5-7(6-17-12(8)19-20-14)18-13(21)11-9(15)3-2-4-10(11)16/h2-6H,1H3,(H,18,21)(H,17,19,20). The van der Waals surface area contributed by atoms with Crippen molar-refractivity contribution in [3.05, 3.63) is 47.7 Å². The van der Waals surface area contributed by atoms with Crippen LogP contribution in [0.15, 0.2) is 30.5 Å². The molecule has 3 aromatic rings. The number of fused-ring (bicyclic) bond motifs is 1. The number of benzene rings is 1. The molecule has 0 saturated heterocycles. The summed E-state index contributed by atoms with van der Waals surface area (Å²) in [5.74, 6) is -2.48. The number of H-pyrrole nitrogens is 1. The number of aromatic nitrogens is 3. The van der Waals surface area contributed by atoms with Crippen LogP contribution < -0.4 is 10.1 Å². The molecular weight excluding hydrogens is 294 g/mol. The Bertz CT molecular complexity index is 843. The van der Waals surface area contributed by atoms with Crippen LogP contribution in [-0.2, 0) is 0 Å². The average Bonchev–Trinajstić information content (AvgIpc) is 2.89. The molecule has 112 valence electrons. The van der Waals surface area contributed by atoms with Crippen molar-refractivity contribution in [2.75, 3.05) is 12.4 Å². The van der Waals surface area contributed by atoms with Gasteiger partial charge in [0.05, 0.1) is 24.4 Å². The third kappa shape index (κ3) is 2.34. The summed E-state index contributed by atoms with van der Waals surface area (Å²) < 4.78 is 32.2. The van der Waals surface area contributed by atoms with E-state index in [-0.39, 0.29) is 5.69 Å². The van der Waals surface area contributed by atoms with Crippen LogP contribution in [0.2, 0.25) is 0 Å². The van der Waals surface area contributed by atoms with Gasteiger partial charge in [-0.1, -0.05) is 6.07 Å². The summed E-state index contributed by atoms with van der Waals surface area (Å²) in [6.07, 6.45) is 1.34. The van der Waals surface area contributed by atoms with Crippen molar-refractivity contribution in [3.8, 4) is 5.88 Å². The maximum atomic E-state index is 13.6. The van der Waals surface area contributed by atoms with Crippen LogP contribution in [0.5, 0.6) is 5.88 Å². The molecule has 0 fully saturated rings. The molecule has 0 bridgehead atoms. The quantitative estimate of drug-likeness (QED) is 0.779. The van der Waals surface area contributed by atoms with Crippen molar-refractivity contribution in [3.63, 3.8) is 0 Å². The first-order chi connectivity index (χ1) is 10.6. The lowest BCUT2D eigenvalue weighted by molar-refractivity contribution is 0.101. The van der Waals surface area contributed by atoms with Gasteiger partial charge in [0.1, 0.15) is 17.2 Å². The second-order valence-electron chi connectivity index (χ2n) is 4.40. The van der Waals surface area contributed by atoms with E-state index in [2.05, 4.69) is 20.5 Å². The molecule has 3 rings (SSSR count). The van der Waals surface area contributed by atoms with E-state index < -0.39 is 23.1 Å². The monoisotopic (exact) mass is 304 g/mol. The van der Waals surface area contributed by atoms with E-state index in [0.29, 0.717) is 16.9 Å². The van der Waals surface area contributed by atoms with Crippen molar-refractivity contribution in [1.29, 1.82) is 0 Å². The molecule has 2 N–H and O–H groups in total. The fourth-order valence-corrected chi connectivity index (χ4v) is 2.01. The number of aromatic amines is 1. The highest BCUT2D eigenvalue weighted by molar-refractivity contribution is 6.05. The van der Waals surface area contributed by atoms with Crippen LogP contribution in [0.4, 0.5) is 14.5 Å². The van der Waals surface area contributed by atoms with Gasteiger partial charge >= 0.3 is 0 Å². The number of amides is 1. The first-order valence-electron chi connectivity index (χ1n) is 6.23. The number of carbonyl (C=O) groups excluding carboxylic acids is 1. The summed E-state index contributed by atoms with van der Waals surface area (Å²) >= 11 is 0. The van der Waals surface area contributed by atoms with Gasteiger partial charge in [0, 0.05) is 0 Å². The molecule has 1 aromatic carbocycles. The maximum absolute atomic E-state index is 13.6. The molecule has 2 heterocycles. The van der Waals surface area contributed by atoms with Crippen molar-refractivity contribution >= 4 is 22.6 Å². The van der Waals surface area contributed by atoms with E-state index >= 15 is 0 Å². The molecule has 0 saturated carbocycles. The minimum Gasteiger partial charge on any atom is -0.479 e. The van der Waals surface area contributed by atoms with Crippen LogP contribution in [0.25, 0.3) is 11.0 Å². The zero-order valence-electron chi connectivity index (χ0n) is 11.4. The van der Waals surface area contributed by atoms with Gasteiger partial charge in [-0.05, 0) is 18.2 Å². The van der Waals surface area contributed by atoms with E-state index in [9.17, 15) is 13.6 Å². The molecule has 0 atom stereocenters. The molecule has 22 heavy (non-hydrogen) atoms. The molecule has 0 spiro atoms. The predicted molar refractivity (Wildman–Crippen MR) is 74.8 cm³/mol. The first-order valence-corrected chi connectivity index (χ1v) is 6.23. The largest absolute Gasteiger partial charge is 0.479 e. The Labute approximate surface area is 123 Å². The van der Waals surface area contributed by atoms with Crippen molar-refractivity contribution in [2.24, 2.45) is 0 Å². The van der Waals surface area contributed by atoms with Crippen molar-refractivity contribution in [2.45, 2.75) is 0 Å². The number of pyridine rings is 1. The lowest BCUT2D eigenvalue weighted by Crippen LogP contribution is -2.15. The number of anilines is 1. The Hall–Kier alpha value is -3.03. The number of ether oxygens (including phenoxy) is 1. The number of nitrogens with zero attached hydrogens (tertiary/aromatic N) is 2. The molecule has 0 aliphatic heterocycles. The summed E-state index contributed by atoms with van der Waals surface area (Å²) in [5, 5.41) is 9.46. The normalized spacial score (nSPS) is 10.7. The maximum Gasteiger partial charge on any atom is 0.261 e. The van der Waals surface area contributed by atoms with Crippen LogP contribution in [0.3, 0.4) is 0 Å². The molecule has 1 amide bonds. The number of methoxy groups -OCH3 is 1. The Kier molecular flexibility index (Phi) is 3.42. The van der Waals surface area contributed by atoms with Gasteiger partial charge in [0.2, 0.25) is 5.88 Å². The predicted octanol–water partition coefficient (Wildman–Crippen LogP) is 2.50. The van der Waals surface area contributed by atoms with Crippen LogP contribution in [0, 0.1) is 11.6 Å². The SMILES string of the molecule is COc1n[nH]c2ncc(NC(=O)c3c(F)cccc3F)cc12. The smallest absolute Gasteiger partial charge is 0.261 e. The number of hydrogen-bond acceptors (Lipinski definition) is 4. The van der Waals surface area contributed by atoms with Crippen LogP contribution >= 0.6 is 0 Å². The van der Waals surface area contributed by atoms with Gasteiger partial charge in [-0.25, -0.2) is 13.8 Å². The van der Waals surface area contributed by atoms with Gasteiger partial charge < -0.3 is 10.1 Å². The van der Waals surface area contributed by atoms with E-state index in [1.165, 1.54) is 19.4 Å². The second-order valence-corrected chi connectivity index (χ2v) is 4.40. The van der Waals surface area contributed by atoms with Crippen molar-refractivity contribution in [1.82, 2.24) is 15.2 Å². The highest BCUT2D eigenvalue weighted by atomic mass is 19.1. The van der Waals surface area contributed by atoms with Crippen LogP contribution in [-0.4, -0.2) is 28.2 Å². The number of halogens is 2. The van der Waals surface area contributed by atoms with Gasteiger partial charge in [-0.15, -0.1) is 5.10 Å². The van der Waals surface area contributed by atoms with Crippen molar-refractivity contribution < 1.29 is 18.3 Å². The molecule has 0 aliphatic carbocycles. The van der Waals surface area contributed by atoms with E-state index in [0.717, 1.165) is 12.1 Å². The molecule has 8 heteroatoms. The minimum atomic E-state index is -0.938. The highest BCUT2D eigenvalue weighted by Gasteiger charge is 2.18. The topological polar surface area (TPSA) is 79.9 Å². The Morgan fingerprint density at radius 3 is 2.73 bits per heavy atom. The number of carbonyl (C=O) groups is 1. The van der Waals surface area contributed by atoms with E-state index in [4.69, 9.17) is 4.74 Å². The summed E-state index contributed by atoms with van der Waals surface area (Å²) in [6.45, 7) is 0. The summed E-state index contributed by atoms with van der Waals surface area (Å²) in [5.41, 5.74) is 0.0773. The fourth-order valence-electron chi connectivity index (χ4n) is 2.01. The lowest BCUT2D eigenvalue weighted by Gasteiger charge is -2.07. The Balaban J connectivity index is 1.94. The van der Waals surface area contributed by atoms with Crippen LogP contribution in [0.1, 0.15) is 10.4 Å².